The number of H-pyrrole nitrogens is 1. The molecule has 0 bridgehead atoms. The van der Waals surface area contributed by atoms with Gasteiger partial charge in [-0.2, -0.15) is 0 Å². The summed E-state index contributed by atoms with van der Waals surface area (Å²) >= 11 is 0. The van der Waals surface area contributed by atoms with Crippen LogP contribution in [0, 0.1) is 0 Å². The number of aromatic nitrogens is 4. The van der Waals surface area contributed by atoms with E-state index in [1.54, 1.807) is 43.2 Å². The van der Waals surface area contributed by atoms with Gasteiger partial charge >= 0.3 is 0 Å². The van der Waals surface area contributed by atoms with Crippen LogP contribution in [0.1, 0.15) is 10.4 Å². The number of carbonyl (C=O) groups excluding carboxylic acids is 1. The molecular weight excluding hydrogens is 218 g/mol. The van der Waals surface area contributed by atoms with Crippen molar-refractivity contribution < 1.29 is 4.79 Å². The first-order valence-corrected chi connectivity index (χ1v) is 5.05. The zero-order valence-corrected chi connectivity index (χ0v) is 8.79. The summed E-state index contributed by atoms with van der Waals surface area (Å²) in [6.45, 7) is 0. The maximum absolute atomic E-state index is 11.9. The van der Waals surface area contributed by atoms with E-state index in [9.17, 15) is 4.79 Å². The molecule has 0 spiro atoms. The quantitative estimate of drug-likeness (QED) is 0.693. The second-order valence-corrected chi connectivity index (χ2v) is 3.53. The molecule has 0 radical (unpaired) electrons. The highest BCUT2D eigenvalue weighted by Crippen LogP contribution is 2.08. The first-order chi connectivity index (χ1) is 8.33. The molecule has 0 fully saturated rings. The van der Waals surface area contributed by atoms with E-state index < -0.39 is 0 Å². The highest BCUT2D eigenvalue weighted by Gasteiger charge is 2.07. The third kappa shape index (κ3) is 1.76. The zero-order chi connectivity index (χ0) is 11.7. The van der Waals surface area contributed by atoms with Crippen molar-refractivity contribution in [2.24, 2.45) is 0 Å². The van der Waals surface area contributed by atoms with Crippen molar-refractivity contribution in [1.82, 2.24) is 19.4 Å². The first kappa shape index (κ1) is 9.59. The lowest BCUT2D eigenvalue weighted by atomic mass is 10.2. The Morgan fingerprint density at radius 3 is 3.24 bits per heavy atom. The molecule has 0 aromatic carbocycles. The molecule has 0 saturated carbocycles. The molecular formula is C11H9N5O. The van der Waals surface area contributed by atoms with Crippen molar-refractivity contribution in [3.05, 3.63) is 48.8 Å². The molecule has 0 aliphatic rings. The Balaban J connectivity index is 1.90. The van der Waals surface area contributed by atoms with Gasteiger partial charge in [0.2, 0.25) is 5.95 Å². The van der Waals surface area contributed by atoms with Crippen molar-refractivity contribution >= 4 is 17.4 Å². The Labute approximate surface area is 96.3 Å². The molecule has 3 aromatic heterocycles. The minimum absolute atomic E-state index is 0.205. The molecule has 3 rings (SSSR count). The molecule has 6 heteroatoms. The minimum Gasteiger partial charge on any atom is -0.331 e. The fourth-order valence-corrected chi connectivity index (χ4v) is 1.57. The van der Waals surface area contributed by atoms with Gasteiger partial charge in [0.1, 0.15) is 0 Å². The third-order valence-corrected chi connectivity index (χ3v) is 2.41. The van der Waals surface area contributed by atoms with Crippen molar-refractivity contribution in [1.29, 1.82) is 0 Å². The lowest BCUT2D eigenvalue weighted by molar-refractivity contribution is 0.102. The van der Waals surface area contributed by atoms with E-state index in [1.807, 2.05) is 4.40 Å². The molecule has 0 aliphatic heterocycles. The molecule has 6 nitrogen and oxygen atoms in total. The molecule has 0 aliphatic carbocycles. The van der Waals surface area contributed by atoms with Crippen LogP contribution < -0.4 is 5.32 Å². The average molecular weight is 227 g/mol. The molecule has 2 N–H and O–H groups in total. The number of hydrogen-bond acceptors (Lipinski definition) is 3. The minimum atomic E-state index is -0.205. The maximum atomic E-state index is 11.9. The number of rotatable bonds is 2. The monoisotopic (exact) mass is 227 g/mol. The number of carbonyl (C=O) groups is 1. The van der Waals surface area contributed by atoms with E-state index in [1.165, 1.54) is 0 Å². The van der Waals surface area contributed by atoms with Gasteiger partial charge in [-0.05, 0) is 12.1 Å². The number of amides is 1. The Hall–Kier alpha value is -2.63. The number of anilines is 1. The van der Waals surface area contributed by atoms with Gasteiger partial charge in [0, 0.05) is 24.2 Å². The lowest BCUT2D eigenvalue weighted by Gasteiger charge is -2.02. The molecule has 0 unspecified atom stereocenters. The molecule has 0 atom stereocenters. The van der Waals surface area contributed by atoms with Crippen molar-refractivity contribution in [2.45, 2.75) is 0 Å². The van der Waals surface area contributed by atoms with Crippen molar-refractivity contribution in [3.63, 3.8) is 0 Å². The Morgan fingerprint density at radius 1 is 1.47 bits per heavy atom. The van der Waals surface area contributed by atoms with Gasteiger partial charge in [-0.3, -0.25) is 10.1 Å². The molecule has 84 valence electrons. The maximum Gasteiger partial charge on any atom is 0.258 e. The third-order valence-electron chi connectivity index (χ3n) is 2.41. The number of nitrogens with zero attached hydrogens (tertiary/aromatic N) is 3. The molecule has 1 amide bonds. The van der Waals surface area contributed by atoms with Gasteiger partial charge in [0.05, 0.1) is 18.0 Å². The summed E-state index contributed by atoms with van der Waals surface area (Å²) < 4.78 is 1.84. The number of hydrogen-bond donors (Lipinski definition) is 2. The van der Waals surface area contributed by atoms with Crippen LogP contribution in [0.15, 0.2) is 43.2 Å². The number of aromatic amines is 1. The van der Waals surface area contributed by atoms with Gasteiger partial charge in [-0.25, -0.2) is 9.97 Å². The van der Waals surface area contributed by atoms with E-state index >= 15 is 0 Å². The summed E-state index contributed by atoms with van der Waals surface area (Å²) in [6.07, 6.45) is 8.40. The summed E-state index contributed by atoms with van der Waals surface area (Å²) in [6, 6.07) is 3.50. The van der Waals surface area contributed by atoms with E-state index in [0.717, 1.165) is 5.52 Å². The largest absolute Gasteiger partial charge is 0.331 e. The van der Waals surface area contributed by atoms with Gasteiger partial charge < -0.3 is 9.38 Å². The summed E-state index contributed by atoms with van der Waals surface area (Å²) in [7, 11) is 0. The molecule has 17 heavy (non-hydrogen) atoms. The van der Waals surface area contributed by atoms with Crippen LogP contribution in [0.25, 0.3) is 5.52 Å². The molecule has 0 saturated heterocycles. The van der Waals surface area contributed by atoms with Gasteiger partial charge in [0.25, 0.3) is 5.91 Å². The summed E-state index contributed by atoms with van der Waals surface area (Å²) in [5.41, 5.74) is 1.44. The molecule has 3 heterocycles. The van der Waals surface area contributed by atoms with Crippen LogP contribution in [0.3, 0.4) is 0 Å². The lowest BCUT2D eigenvalue weighted by Crippen LogP contribution is -2.13. The smallest absolute Gasteiger partial charge is 0.258 e. The van der Waals surface area contributed by atoms with Crippen molar-refractivity contribution in [3.8, 4) is 0 Å². The second kappa shape index (κ2) is 3.75. The highest BCUT2D eigenvalue weighted by molar-refractivity contribution is 6.03. The Bertz CT molecular complexity index is 655. The summed E-state index contributed by atoms with van der Waals surface area (Å²) in [5.74, 6) is 0.229. The topological polar surface area (TPSA) is 75.1 Å². The van der Waals surface area contributed by atoms with Gasteiger partial charge in [-0.1, -0.05) is 0 Å². The van der Waals surface area contributed by atoms with Crippen LogP contribution >= 0.6 is 0 Å². The van der Waals surface area contributed by atoms with Crippen LogP contribution in [0.4, 0.5) is 5.95 Å². The summed E-state index contributed by atoms with van der Waals surface area (Å²) in [5, 5.41) is 2.66. The average Bonchev–Trinajstić information content (AvgIpc) is 2.97. The first-order valence-electron chi connectivity index (χ1n) is 5.05. The predicted molar refractivity (Wildman–Crippen MR) is 61.7 cm³/mol. The van der Waals surface area contributed by atoms with Gasteiger partial charge in [0.15, 0.2) is 0 Å². The highest BCUT2D eigenvalue weighted by atomic mass is 16.1. The normalized spacial score (nSPS) is 10.6. The van der Waals surface area contributed by atoms with Crippen LogP contribution in [0.2, 0.25) is 0 Å². The standard InChI is InChI=1S/C11H9N5O/c17-10(15-11-13-2-3-14-11)8-1-4-16-7-12-6-9(16)5-8/h1-7H,(H2,13,14,15,17). The Morgan fingerprint density at radius 2 is 2.41 bits per heavy atom. The van der Waals surface area contributed by atoms with Crippen LogP contribution in [-0.2, 0) is 0 Å². The Kier molecular flexibility index (Phi) is 2.11. The van der Waals surface area contributed by atoms with Crippen LogP contribution in [0.5, 0.6) is 0 Å². The summed E-state index contributed by atoms with van der Waals surface area (Å²) in [4.78, 5) is 22.6. The van der Waals surface area contributed by atoms with E-state index in [4.69, 9.17) is 0 Å². The zero-order valence-electron chi connectivity index (χ0n) is 8.79. The van der Waals surface area contributed by atoms with E-state index in [2.05, 4.69) is 20.3 Å². The van der Waals surface area contributed by atoms with Gasteiger partial charge in [-0.15, -0.1) is 0 Å². The number of pyridine rings is 1. The van der Waals surface area contributed by atoms with E-state index in [0.29, 0.717) is 11.5 Å². The predicted octanol–water partition coefficient (Wildman–Crippen LogP) is 1.31. The fourth-order valence-electron chi connectivity index (χ4n) is 1.57. The SMILES string of the molecule is O=C(Nc1ncc[nH]1)c1ccn2cncc2c1. The fraction of sp³-hybridized carbons (Fsp3) is 0. The number of imidazole rings is 2. The molecule has 3 aromatic rings. The number of nitrogens with one attached hydrogen (secondary N) is 2. The van der Waals surface area contributed by atoms with Crippen molar-refractivity contribution in [2.75, 3.05) is 5.32 Å². The van der Waals surface area contributed by atoms with E-state index in [-0.39, 0.29) is 5.91 Å². The second-order valence-electron chi connectivity index (χ2n) is 3.53. The van der Waals surface area contributed by atoms with Crippen LogP contribution in [-0.4, -0.2) is 25.3 Å². The number of fused-ring (bicyclic) bond motifs is 1.